The highest BCUT2D eigenvalue weighted by atomic mass is 33.1. The Balaban J connectivity index is 1.33. The first-order valence-corrected chi connectivity index (χ1v) is 14.4. The number of hydrogen-bond donors (Lipinski definition) is 3. The quantitative estimate of drug-likeness (QED) is 0.228. The lowest BCUT2D eigenvalue weighted by molar-refractivity contribution is -0.125. The predicted molar refractivity (Wildman–Crippen MR) is 145 cm³/mol. The number of carbonyl (C=O) groups is 3. The molecular weight excluding hydrogens is 524 g/mol. The Bertz CT molecular complexity index is 1440. The van der Waals surface area contributed by atoms with Gasteiger partial charge in [0.15, 0.2) is 5.78 Å². The summed E-state index contributed by atoms with van der Waals surface area (Å²) in [6.45, 7) is 2.47. The highest BCUT2D eigenvalue weighted by Gasteiger charge is 2.41. The van der Waals surface area contributed by atoms with Gasteiger partial charge in [-0.2, -0.15) is 0 Å². The van der Waals surface area contributed by atoms with E-state index in [1.54, 1.807) is 39.9 Å². The first kappa shape index (κ1) is 26.1. The Kier molecular flexibility index (Phi) is 7.36. The monoisotopic (exact) mass is 550 g/mol. The molecular formula is C28H26N2O6S2. The van der Waals surface area contributed by atoms with Gasteiger partial charge in [0, 0.05) is 40.6 Å². The number of nitrogens with zero attached hydrogens (tertiary/aromatic N) is 1. The van der Waals surface area contributed by atoms with Gasteiger partial charge in [-0.3, -0.25) is 14.4 Å². The molecule has 38 heavy (non-hydrogen) atoms. The van der Waals surface area contributed by atoms with Crippen molar-refractivity contribution in [3.8, 4) is 17.2 Å². The summed E-state index contributed by atoms with van der Waals surface area (Å²) in [5.74, 6) is -2.14. The fourth-order valence-electron chi connectivity index (χ4n) is 4.98. The molecule has 2 atom stereocenters. The molecule has 0 bridgehead atoms. The topological polar surface area (TPSA) is 126 Å². The second-order valence-electron chi connectivity index (χ2n) is 9.29. The lowest BCUT2D eigenvalue weighted by atomic mass is 9.75. The fourth-order valence-corrected chi connectivity index (χ4v) is 6.92. The fraction of sp³-hybridized carbons (Fsp3) is 0.286. The average molecular weight is 551 g/mol. The number of amides is 1. The normalized spacial score (nSPS) is 16.7. The van der Waals surface area contributed by atoms with Crippen molar-refractivity contribution >= 4 is 39.1 Å². The number of methoxy groups -OCH3 is 1. The number of nitrogens with one attached hydrogen (secondary N) is 1. The number of hydrogen-bond acceptors (Lipinski definition) is 9. The molecule has 0 aliphatic heterocycles. The highest BCUT2D eigenvalue weighted by molar-refractivity contribution is 8.76. The number of ether oxygens (including phenoxy) is 1. The molecule has 1 heterocycles. The summed E-state index contributed by atoms with van der Waals surface area (Å²) in [6.07, 6.45) is 2.63. The number of ketones is 2. The summed E-state index contributed by atoms with van der Waals surface area (Å²) in [7, 11) is 4.56. The third-order valence-corrected chi connectivity index (χ3v) is 9.69. The van der Waals surface area contributed by atoms with Crippen molar-refractivity contribution in [2.75, 3.05) is 13.7 Å². The molecule has 196 valence electrons. The molecule has 1 aromatic heterocycles. The van der Waals surface area contributed by atoms with Gasteiger partial charge in [-0.15, -0.1) is 0 Å². The minimum atomic E-state index is -0.572. The van der Waals surface area contributed by atoms with Gasteiger partial charge in [-0.25, -0.2) is 4.98 Å². The molecule has 2 aliphatic carbocycles. The second-order valence-corrected chi connectivity index (χ2v) is 11.9. The molecule has 0 spiro atoms. The number of rotatable bonds is 7. The first-order chi connectivity index (χ1) is 18.3. The molecule has 0 fully saturated rings. The zero-order valence-electron chi connectivity index (χ0n) is 20.8. The molecule has 3 N–H and O–H groups in total. The minimum Gasteiger partial charge on any atom is -0.507 e. The summed E-state index contributed by atoms with van der Waals surface area (Å²) in [4.78, 5) is 44.0. The summed E-state index contributed by atoms with van der Waals surface area (Å²) in [5, 5.41) is 26.3. The van der Waals surface area contributed by atoms with Crippen molar-refractivity contribution in [2.45, 2.75) is 36.5 Å². The van der Waals surface area contributed by atoms with Crippen molar-refractivity contribution in [3.63, 3.8) is 0 Å². The first-order valence-electron chi connectivity index (χ1n) is 12.2. The van der Waals surface area contributed by atoms with E-state index in [-0.39, 0.29) is 57.1 Å². The largest absolute Gasteiger partial charge is 0.507 e. The highest BCUT2D eigenvalue weighted by Crippen LogP contribution is 2.47. The van der Waals surface area contributed by atoms with Gasteiger partial charge >= 0.3 is 0 Å². The molecule has 1 amide bonds. The molecule has 3 aromatic rings. The van der Waals surface area contributed by atoms with Crippen LogP contribution in [0.15, 0.2) is 47.6 Å². The SMILES string of the molecule is COc1cccc2c1C(=O)c1c(O)c3c(c(O)c1C2=O)CC(C(=O)NCC(C)SSc1ccccn1)CC3. The Labute approximate surface area is 227 Å². The van der Waals surface area contributed by atoms with E-state index in [4.69, 9.17) is 4.74 Å². The standard InChI is InChI=1S/C28H26N2O6S2/c1-14(37-38-20-8-3-4-11-29-20)13-30-28(35)15-9-10-16-18(12-15)26(33)22-23(24(16)31)27(34)21-17(25(22)32)6-5-7-19(21)36-2/h3-8,11,14-15,31,33H,9-10,12-13H2,1-2H3,(H,30,35). The molecule has 0 saturated heterocycles. The number of phenolic OH excluding ortho intramolecular Hbond substituents is 2. The Hall–Kier alpha value is -3.50. The maximum atomic E-state index is 13.4. The third kappa shape index (κ3) is 4.63. The number of fused-ring (bicyclic) bond motifs is 3. The number of pyridine rings is 1. The van der Waals surface area contributed by atoms with Crippen molar-refractivity contribution in [3.05, 3.63) is 76.0 Å². The van der Waals surface area contributed by atoms with Gasteiger partial charge in [0.1, 0.15) is 22.3 Å². The van der Waals surface area contributed by atoms with Crippen LogP contribution < -0.4 is 10.1 Å². The molecule has 0 radical (unpaired) electrons. The Morgan fingerprint density at radius 1 is 1.08 bits per heavy atom. The van der Waals surface area contributed by atoms with E-state index in [0.717, 1.165) is 5.03 Å². The van der Waals surface area contributed by atoms with Crippen molar-refractivity contribution in [1.29, 1.82) is 0 Å². The number of aromatic hydroxyl groups is 2. The van der Waals surface area contributed by atoms with Crippen molar-refractivity contribution in [2.24, 2.45) is 5.92 Å². The summed E-state index contributed by atoms with van der Waals surface area (Å²) < 4.78 is 5.28. The smallest absolute Gasteiger partial charge is 0.223 e. The van der Waals surface area contributed by atoms with Crippen molar-refractivity contribution in [1.82, 2.24) is 10.3 Å². The van der Waals surface area contributed by atoms with Crippen LogP contribution in [0, 0.1) is 5.92 Å². The third-order valence-electron chi connectivity index (χ3n) is 6.89. The van der Waals surface area contributed by atoms with E-state index in [2.05, 4.69) is 10.3 Å². The van der Waals surface area contributed by atoms with Crippen LogP contribution in [0.25, 0.3) is 0 Å². The van der Waals surface area contributed by atoms with Crippen molar-refractivity contribution < 1.29 is 29.3 Å². The van der Waals surface area contributed by atoms with Crippen LogP contribution in [-0.4, -0.2) is 51.6 Å². The lowest BCUT2D eigenvalue weighted by Gasteiger charge is -2.29. The van der Waals surface area contributed by atoms with Gasteiger partial charge < -0.3 is 20.3 Å². The van der Waals surface area contributed by atoms with Gasteiger partial charge in [0.25, 0.3) is 0 Å². The summed E-state index contributed by atoms with van der Waals surface area (Å²) in [6, 6.07) is 10.4. The van der Waals surface area contributed by atoms with Crippen LogP contribution in [0.2, 0.25) is 0 Å². The van der Waals surface area contributed by atoms with Crippen LogP contribution in [0.5, 0.6) is 17.2 Å². The van der Waals surface area contributed by atoms with E-state index in [9.17, 15) is 24.6 Å². The average Bonchev–Trinajstić information content (AvgIpc) is 2.95. The van der Waals surface area contributed by atoms with E-state index in [0.29, 0.717) is 30.5 Å². The maximum absolute atomic E-state index is 13.4. The maximum Gasteiger partial charge on any atom is 0.223 e. The zero-order valence-corrected chi connectivity index (χ0v) is 22.4. The lowest BCUT2D eigenvalue weighted by Crippen LogP contribution is -2.37. The number of carbonyl (C=O) groups excluding carboxylic acids is 3. The van der Waals surface area contributed by atoms with E-state index in [1.807, 2.05) is 25.1 Å². The molecule has 5 rings (SSSR count). The van der Waals surface area contributed by atoms with Gasteiger partial charge in [-0.05, 0) is 48.3 Å². The molecule has 2 aromatic carbocycles. The molecule has 2 unspecified atom stereocenters. The zero-order chi connectivity index (χ0) is 27.0. The van der Waals surface area contributed by atoms with Crippen LogP contribution in [0.1, 0.15) is 56.3 Å². The minimum absolute atomic E-state index is 0.0726. The van der Waals surface area contributed by atoms with Gasteiger partial charge in [0.05, 0.1) is 23.8 Å². The predicted octanol–water partition coefficient (Wildman–Crippen LogP) is 4.33. The Morgan fingerprint density at radius 3 is 2.58 bits per heavy atom. The summed E-state index contributed by atoms with van der Waals surface area (Å²) in [5.41, 5.74) is 0.501. The van der Waals surface area contributed by atoms with Crippen LogP contribution >= 0.6 is 21.6 Å². The van der Waals surface area contributed by atoms with Gasteiger partial charge in [0.2, 0.25) is 11.7 Å². The van der Waals surface area contributed by atoms with Crippen LogP contribution in [-0.2, 0) is 17.6 Å². The Morgan fingerprint density at radius 2 is 1.84 bits per heavy atom. The van der Waals surface area contributed by atoms with Crippen LogP contribution in [0.4, 0.5) is 0 Å². The second kappa shape index (κ2) is 10.7. The van der Waals surface area contributed by atoms with E-state index < -0.39 is 17.5 Å². The molecule has 8 nitrogen and oxygen atoms in total. The number of phenols is 2. The van der Waals surface area contributed by atoms with Crippen LogP contribution in [0.3, 0.4) is 0 Å². The van der Waals surface area contributed by atoms with E-state index >= 15 is 0 Å². The van der Waals surface area contributed by atoms with E-state index in [1.165, 1.54) is 13.2 Å². The summed E-state index contributed by atoms with van der Waals surface area (Å²) >= 11 is 0. The number of aromatic nitrogens is 1. The molecule has 2 aliphatic rings. The molecule has 10 heteroatoms. The number of benzene rings is 2. The molecule has 0 saturated carbocycles. The van der Waals surface area contributed by atoms with Gasteiger partial charge in [-0.1, -0.05) is 35.9 Å².